The fraction of sp³-hybridized carbons (Fsp3) is 0.136. The zero-order valence-corrected chi connectivity index (χ0v) is 15.6. The molecule has 1 amide bonds. The van der Waals surface area contributed by atoms with Gasteiger partial charge in [-0.1, -0.05) is 18.2 Å². The van der Waals surface area contributed by atoms with Crippen molar-refractivity contribution in [3.05, 3.63) is 90.3 Å². The molecule has 2 aromatic carbocycles. The van der Waals surface area contributed by atoms with Crippen molar-refractivity contribution in [1.82, 2.24) is 10.3 Å². The minimum Gasteiger partial charge on any atom is -0.494 e. The van der Waals surface area contributed by atoms with E-state index in [1.54, 1.807) is 24.5 Å². The smallest absolute Gasteiger partial charge is 0.257 e. The van der Waals surface area contributed by atoms with E-state index < -0.39 is 0 Å². The first kappa shape index (κ1) is 19.1. The van der Waals surface area contributed by atoms with Crippen LogP contribution in [0.25, 0.3) is 0 Å². The minimum absolute atomic E-state index is 0.229. The Kier molecular flexibility index (Phi) is 6.73. The predicted molar refractivity (Wildman–Crippen MR) is 111 cm³/mol. The summed E-state index contributed by atoms with van der Waals surface area (Å²) < 4.78 is 5.46. The number of benzene rings is 2. The third-order valence-electron chi connectivity index (χ3n) is 3.87. The maximum absolute atomic E-state index is 12.5. The van der Waals surface area contributed by atoms with Crippen molar-refractivity contribution in [3.63, 3.8) is 0 Å². The molecule has 0 fully saturated rings. The van der Waals surface area contributed by atoms with E-state index in [-0.39, 0.29) is 5.91 Å². The lowest BCUT2D eigenvalue weighted by molar-refractivity contribution is 0.0977. The lowest BCUT2D eigenvalue weighted by Gasteiger charge is -2.12. The van der Waals surface area contributed by atoms with Crippen LogP contribution in [-0.4, -0.2) is 23.5 Å². The van der Waals surface area contributed by atoms with Crippen LogP contribution in [0.15, 0.2) is 84.1 Å². The van der Waals surface area contributed by atoms with Crippen molar-refractivity contribution in [3.8, 4) is 5.75 Å². The summed E-state index contributed by atoms with van der Waals surface area (Å²) in [4.78, 5) is 21.1. The van der Waals surface area contributed by atoms with Crippen LogP contribution in [0.2, 0.25) is 0 Å². The maximum Gasteiger partial charge on any atom is 0.257 e. The number of aliphatic imine (C=N–C) groups is 1. The summed E-state index contributed by atoms with van der Waals surface area (Å²) in [6, 6.07) is 20.3. The molecule has 0 radical (unpaired) electrons. The van der Waals surface area contributed by atoms with Crippen LogP contribution in [-0.2, 0) is 6.54 Å². The van der Waals surface area contributed by atoms with E-state index in [1.807, 2.05) is 61.5 Å². The largest absolute Gasteiger partial charge is 0.494 e. The molecule has 0 spiro atoms. The molecule has 0 unspecified atom stereocenters. The molecule has 142 valence electrons. The lowest BCUT2D eigenvalue weighted by Crippen LogP contribution is -2.36. The molecule has 6 nitrogen and oxygen atoms in total. The van der Waals surface area contributed by atoms with Crippen LogP contribution in [0, 0.1) is 0 Å². The molecule has 1 aromatic heterocycles. The summed E-state index contributed by atoms with van der Waals surface area (Å²) >= 11 is 0. The summed E-state index contributed by atoms with van der Waals surface area (Å²) in [5, 5.41) is 6.01. The van der Waals surface area contributed by atoms with E-state index in [0.29, 0.717) is 24.7 Å². The molecule has 0 bridgehead atoms. The Balaban J connectivity index is 1.76. The van der Waals surface area contributed by atoms with Crippen LogP contribution in [0.5, 0.6) is 5.75 Å². The summed E-state index contributed by atoms with van der Waals surface area (Å²) in [6.45, 7) is 2.96. The second-order valence-electron chi connectivity index (χ2n) is 5.92. The number of ether oxygens (including phenoxy) is 1. The zero-order chi connectivity index (χ0) is 19.6. The number of anilines is 1. The van der Waals surface area contributed by atoms with Gasteiger partial charge < -0.3 is 10.1 Å². The van der Waals surface area contributed by atoms with E-state index in [2.05, 4.69) is 20.6 Å². The van der Waals surface area contributed by atoms with Gasteiger partial charge in [0.05, 0.1) is 13.2 Å². The van der Waals surface area contributed by atoms with E-state index in [4.69, 9.17) is 4.74 Å². The van der Waals surface area contributed by atoms with Crippen molar-refractivity contribution < 1.29 is 9.53 Å². The normalized spacial score (nSPS) is 11.0. The molecular weight excluding hydrogens is 352 g/mol. The lowest BCUT2D eigenvalue weighted by atomic mass is 10.2. The highest BCUT2D eigenvalue weighted by atomic mass is 16.5. The van der Waals surface area contributed by atoms with Gasteiger partial charge in [0.15, 0.2) is 0 Å². The van der Waals surface area contributed by atoms with Crippen LogP contribution in [0.1, 0.15) is 22.8 Å². The quantitative estimate of drug-likeness (QED) is 0.507. The average Bonchev–Trinajstić information content (AvgIpc) is 2.75. The SMILES string of the molecule is CCOc1ccc(NC(=NCc2ccncc2)NC(=O)c2ccccc2)cc1. The van der Waals surface area contributed by atoms with Crippen molar-refractivity contribution in [2.24, 2.45) is 4.99 Å². The first-order valence-corrected chi connectivity index (χ1v) is 9.04. The third-order valence-corrected chi connectivity index (χ3v) is 3.87. The molecule has 1 heterocycles. The molecule has 2 N–H and O–H groups in total. The standard InChI is InChI=1S/C22H22N4O2/c1-2-28-20-10-8-19(9-11-20)25-22(24-16-17-12-14-23-15-13-17)26-21(27)18-6-4-3-5-7-18/h3-15H,2,16H2,1H3,(H2,24,25,26,27). The van der Waals surface area contributed by atoms with Gasteiger partial charge in [0.2, 0.25) is 5.96 Å². The second-order valence-corrected chi connectivity index (χ2v) is 5.92. The number of pyridine rings is 1. The van der Waals surface area contributed by atoms with Gasteiger partial charge >= 0.3 is 0 Å². The van der Waals surface area contributed by atoms with Crippen molar-refractivity contribution in [2.75, 3.05) is 11.9 Å². The number of carbonyl (C=O) groups is 1. The molecule has 0 aliphatic heterocycles. The van der Waals surface area contributed by atoms with Gasteiger partial charge in [0.1, 0.15) is 5.75 Å². The van der Waals surface area contributed by atoms with Crippen molar-refractivity contribution in [2.45, 2.75) is 13.5 Å². The monoisotopic (exact) mass is 374 g/mol. The topological polar surface area (TPSA) is 75.6 Å². The highest BCUT2D eigenvalue weighted by Crippen LogP contribution is 2.15. The van der Waals surface area contributed by atoms with Crippen LogP contribution >= 0.6 is 0 Å². The number of aromatic nitrogens is 1. The van der Waals surface area contributed by atoms with Gasteiger partial charge in [-0.15, -0.1) is 0 Å². The van der Waals surface area contributed by atoms with E-state index in [1.165, 1.54) is 0 Å². The summed E-state index contributed by atoms with van der Waals surface area (Å²) in [6.07, 6.45) is 3.43. The number of hydrogen-bond acceptors (Lipinski definition) is 4. The summed E-state index contributed by atoms with van der Waals surface area (Å²) in [7, 11) is 0. The number of guanidine groups is 1. The number of nitrogens with one attached hydrogen (secondary N) is 2. The zero-order valence-electron chi connectivity index (χ0n) is 15.6. The fourth-order valence-electron chi connectivity index (χ4n) is 2.48. The predicted octanol–water partition coefficient (Wildman–Crippen LogP) is 3.88. The molecule has 0 saturated heterocycles. The van der Waals surface area contributed by atoms with Crippen LogP contribution in [0.3, 0.4) is 0 Å². The van der Waals surface area contributed by atoms with Crippen molar-refractivity contribution >= 4 is 17.6 Å². The summed E-state index contributed by atoms with van der Waals surface area (Å²) in [5.74, 6) is 0.930. The first-order valence-electron chi connectivity index (χ1n) is 9.04. The Labute approximate surface area is 164 Å². The number of nitrogens with zero attached hydrogens (tertiary/aromatic N) is 2. The average molecular weight is 374 g/mol. The highest BCUT2D eigenvalue weighted by Gasteiger charge is 2.09. The van der Waals surface area contributed by atoms with Gasteiger partial charge in [-0.05, 0) is 61.0 Å². The maximum atomic E-state index is 12.5. The molecular formula is C22H22N4O2. The number of hydrogen-bond donors (Lipinski definition) is 2. The number of carbonyl (C=O) groups excluding carboxylic acids is 1. The Morgan fingerprint density at radius 1 is 1.00 bits per heavy atom. The minimum atomic E-state index is -0.229. The Morgan fingerprint density at radius 3 is 2.39 bits per heavy atom. The van der Waals surface area contributed by atoms with Gasteiger partial charge in [-0.3, -0.25) is 15.1 Å². The highest BCUT2D eigenvalue weighted by molar-refractivity contribution is 6.09. The van der Waals surface area contributed by atoms with Gasteiger partial charge in [0, 0.05) is 23.6 Å². The molecule has 3 aromatic rings. The molecule has 0 saturated carbocycles. The van der Waals surface area contributed by atoms with Gasteiger partial charge in [-0.25, -0.2) is 4.99 Å². The van der Waals surface area contributed by atoms with Gasteiger partial charge in [0.25, 0.3) is 5.91 Å². The van der Waals surface area contributed by atoms with E-state index >= 15 is 0 Å². The molecule has 0 aliphatic rings. The Bertz CT molecular complexity index is 910. The Hall–Kier alpha value is -3.67. The van der Waals surface area contributed by atoms with Crippen LogP contribution in [0.4, 0.5) is 5.69 Å². The number of rotatable bonds is 6. The number of amides is 1. The van der Waals surface area contributed by atoms with E-state index in [0.717, 1.165) is 17.0 Å². The van der Waals surface area contributed by atoms with Gasteiger partial charge in [-0.2, -0.15) is 0 Å². The fourth-order valence-corrected chi connectivity index (χ4v) is 2.48. The van der Waals surface area contributed by atoms with E-state index in [9.17, 15) is 4.79 Å². The molecule has 3 rings (SSSR count). The molecule has 0 aliphatic carbocycles. The Morgan fingerprint density at radius 2 is 1.71 bits per heavy atom. The van der Waals surface area contributed by atoms with Crippen molar-refractivity contribution in [1.29, 1.82) is 0 Å². The molecule has 6 heteroatoms. The molecule has 0 atom stereocenters. The third kappa shape index (κ3) is 5.67. The second kappa shape index (κ2) is 9.87. The summed E-state index contributed by atoms with van der Waals surface area (Å²) in [5.41, 5.74) is 2.35. The van der Waals surface area contributed by atoms with Crippen LogP contribution < -0.4 is 15.4 Å². The molecule has 28 heavy (non-hydrogen) atoms. The first-order chi connectivity index (χ1) is 13.7.